The summed E-state index contributed by atoms with van der Waals surface area (Å²) in [4.78, 5) is 2.90. The third-order valence-corrected chi connectivity index (χ3v) is 6.02. The number of hydrogen-bond acceptors (Lipinski definition) is 2. The highest BCUT2D eigenvalue weighted by Gasteiger charge is 2.50. The molecule has 0 aromatic heterocycles. The lowest BCUT2D eigenvalue weighted by molar-refractivity contribution is -0.0729. The van der Waals surface area contributed by atoms with Crippen LogP contribution in [-0.2, 0) is 0 Å². The fourth-order valence-electron chi connectivity index (χ4n) is 4.91. The maximum absolute atomic E-state index is 3.51. The van der Waals surface area contributed by atoms with Gasteiger partial charge in [0, 0.05) is 12.1 Å². The lowest BCUT2D eigenvalue weighted by atomic mass is 9.56. The van der Waals surface area contributed by atoms with Crippen LogP contribution >= 0.6 is 0 Å². The van der Waals surface area contributed by atoms with E-state index in [1.807, 2.05) is 0 Å². The molecule has 1 spiro atoms. The Labute approximate surface area is 113 Å². The van der Waals surface area contributed by atoms with E-state index in [0.29, 0.717) is 0 Å². The first kappa shape index (κ1) is 12.9. The molecule has 1 N–H and O–H groups in total. The van der Waals surface area contributed by atoms with Gasteiger partial charge in [-0.05, 0) is 63.6 Å². The van der Waals surface area contributed by atoms with Crippen LogP contribution in [0.15, 0.2) is 0 Å². The number of nitrogens with one attached hydrogen (secondary N) is 1. The Morgan fingerprint density at radius 1 is 1.00 bits per heavy atom. The van der Waals surface area contributed by atoms with Crippen LogP contribution in [0.5, 0.6) is 0 Å². The van der Waals surface area contributed by atoms with E-state index in [1.54, 1.807) is 0 Å². The van der Waals surface area contributed by atoms with Crippen LogP contribution < -0.4 is 5.32 Å². The molecule has 1 atom stereocenters. The van der Waals surface area contributed by atoms with E-state index in [0.717, 1.165) is 17.5 Å². The van der Waals surface area contributed by atoms with Gasteiger partial charge in [0.1, 0.15) is 0 Å². The molecule has 1 unspecified atom stereocenters. The summed E-state index contributed by atoms with van der Waals surface area (Å²) in [6.45, 7) is 6.13. The molecule has 3 aliphatic rings. The smallest absolute Gasteiger partial charge is 0.0155 e. The van der Waals surface area contributed by atoms with Crippen molar-refractivity contribution in [3.05, 3.63) is 0 Å². The standard InChI is InChI=1S/C16H30N2/c1-2-18(14-7-12-17-13-8-14)15-6-11-16(15)9-4-3-5-10-16/h14-15,17H,2-13H2,1H3. The van der Waals surface area contributed by atoms with Crippen molar-refractivity contribution in [1.29, 1.82) is 0 Å². The van der Waals surface area contributed by atoms with E-state index < -0.39 is 0 Å². The second kappa shape index (κ2) is 5.50. The topological polar surface area (TPSA) is 15.3 Å². The molecule has 2 aliphatic carbocycles. The van der Waals surface area contributed by atoms with Gasteiger partial charge >= 0.3 is 0 Å². The molecule has 2 heteroatoms. The van der Waals surface area contributed by atoms with Gasteiger partial charge in [0.05, 0.1) is 0 Å². The predicted octanol–water partition coefficient (Wildman–Crippen LogP) is 3.17. The van der Waals surface area contributed by atoms with Crippen LogP contribution in [0.4, 0.5) is 0 Å². The minimum atomic E-state index is 0.749. The van der Waals surface area contributed by atoms with Gasteiger partial charge in [-0.15, -0.1) is 0 Å². The van der Waals surface area contributed by atoms with E-state index in [-0.39, 0.29) is 0 Å². The van der Waals surface area contributed by atoms with Crippen LogP contribution in [0.1, 0.15) is 64.7 Å². The molecule has 1 saturated heterocycles. The van der Waals surface area contributed by atoms with E-state index in [4.69, 9.17) is 0 Å². The molecule has 3 fully saturated rings. The monoisotopic (exact) mass is 250 g/mol. The fourth-order valence-corrected chi connectivity index (χ4v) is 4.91. The summed E-state index contributed by atoms with van der Waals surface area (Å²) < 4.78 is 0. The lowest BCUT2D eigenvalue weighted by Gasteiger charge is -2.58. The van der Waals surface area contributed by atoms with Crippen molar-refractivity contribution in [1.82, 2.24) is 10.2 Å². The van der Waals surface area contributed by atoms with Crippen molar-refractivity contribution in [2.75, 3.05) is 19.6 Å². The maximum atomic E-state index is 3.51. The van der Waals surface area contributed by atoms with Gasteiger partial charge in [0.2, 0.25) is 0 Å². The van der Waals surface area contributed by atoms with Gasteiger partial charge in [-0.2, -0.15) is 0 Å². The second-order valence-corrected chi connectivity index (χ2v) is 6.79. The zero-order chi connectivity index (χ0) is 12.4. The maximum Gasteiger partial charge on any atom is 0.0155 e. The summed E-state index contributed by atoms with van der Waals surface area (Å²) in [5.41, 5.74) is 0.749. The Morgan fingerprint density at radius 3 is 2.28 bits per heavy atom. The zero-order valence-corrected chi connectivity index (χ0v) is 12.1. The molecule has 0 aromatic rings. The molecule has 0 amide bonds. The highest BCUT2D eigenvalue weighted by atomic mass is 15.2. The quantitative estimate of drug-likeness (QED) is 0.827. The third kappa shape index (κ3) is 2.22. The molecule has 104 valence electrons. The van der Waals surface area contributed by atoms with E-state index in [2.05, 4.69) is 17.1 Å². The molecule has 0 aromatic carbocycles. The third-order valence-electron chi connectivity index (χ3n) is 6.02. The van der Waals surface area contributed by atoms with Crippen molar-refractivity contribution in [3.63, 3.8) is 0 Å². The van der Waals surface area contributed by atoms with Crippen LogP contribution in [0.3, 0.4) is 0 Å². The van der Waals surface area contributed by atoms with Crippen molar-refractivity contribution in [2.45, 2.75) is 76.8 Å². The molecule has 0 bridgehead atoms. The molecule has 0 radical (unpaired) electrons. The molecule has 2 nitrogen and oxygen atoms in total. The first-order chi connectivity index (χ1) is 8.86. The second-order valence-electron chi connectivity index (χ2n) is 6.79. The van der Waals surface area contributed by atoms with Gasteiger partial charge in [-0.3, -0.25) is 4.90 Å². The van der Waals surface area contributed by atoms with Crippen molar-refractivity contribution in [2.24, 2.45) is 5.41 Å². The summed E-state index contributed by atoms with van der Waals surface area (Å²) in [5.74, 6) is 0. The van der Waals surface area contributed by atoms with E-state index in [1.165, 1.54) is 77.4 Å². The van der Waals surface area contributed by atoms with E-state index >= 15 is 0 Å². The number of nitrogens with zero attached hydrogens (tertiary/aromatic N) is 1. The highest BCUT2D eigenvalue weighted by molar-refractivity contribution is 5.04. The van der Waals surface area contributed by atoms with Crippen LogP contribution in [0.25, 0.3) is 0 Å². The van der Waals surface area contributed by atoms with Crippen molar-refractivity contribution >= 4 is 0 Å². The average molecular weight is 250 g/mol. The molecule has 18 heavy (non-hydrogen) atoms. The largest absolute Gasteiger partial charge is 0.317 e. The number of piperidine rings is 1. The van der Waals surface area contributed by atoms with Crippen LogP contribution in [0, 0.1) is 5.41 Å². The van der Waals surface area contributed by atoms with Gasteiger partial charge in [-0.25, -0.2) is 0 Å². The first-order valence-corrected chi connectivity index (χ1v) is 8.32. The van der Waals surface area contributed by atoms with Gasteiger partial charge in [0.25, 0.3) is 0 Å². The summed E-state index contributed by atoms with van der Waals surface area (Å²) in [6.07, 6.45) is 13.3. The molecular formula is C16H30N2. The summed E-state index contributed by atoms with van der Waals surface area (Å²) in [6, 6.07) is 1.81. The number of hydrogen-bond donors (Lipinski definition) is 1. The zero-order valence-electron chi connectivity index (χ0n) is 12.1. The molecule has 3 rings (SSSR count). The summed E-state index contributed by atoms with van der Waals surface area (Å²) in [7, 11) is 0. The van der Waals surface area contributed by atoms with Crippen molar-refractivity contribution in [3.8, 4) is 0 Å². The Bertz CT molecular complexity index is 262. The molecule has 2 saturated carbocycles. The molecule has 1 heterocycles. The van der Waals surface area contributed by atoms with Crippen LogP contribution in [-0.4, -0.2) is 36.6 Å². The molecular weight excluding hydrogens is 220 g/mol. The Morgan fingerprint density at radius 2 is 1.72 bits per heavy atom. The summed E-state index contributed by atoms with van der Waals surface area (Å²) in [5, 5.41) is 3.51. The first-order valence-electron chi connectivity index (χ1n) is 8.32. The Kier molecular flexibility index (Phi) is 3.95. The number of rotatable bonds is 3. The lowest BCUT2D eigenvalue weighted by Crippen LogP contribution is -2.60. The minimum absolute atomic E-state index is 0.749. The van der Waals surface area contributed by atoms with Gasteiger partial charge in [0.15, 0.2) is 0 Å². The van der Waals surface area contributed by atoms with Gasteiger partial charge in [-0.1, -0.05) is 26.2 Å². The van der Waals surface area contributed by atoms with Crippen LogP contribution in [0.2, 0.25) is 0 Å². The Hall–Kier alpha value is -0.0800. The molecule has 1 aliphatic heterocycles. The average Bonchev–Trinajstić information content (AvgIpc) is 2.45. The minimum Gasteiger partial charge on any atom is -0.317 e. The highest BCUT2D eigenvalue weighted by Crippen LogP contribution is 2.54. The van der Waals surface area contributed by atoms with Gasteiger partial charge < -0.3 is 5.32 Å². The van der Waals surface area contributed by atoms with E-state index in [9.17, 15) is 0 Å². The predicted molar refractivity (Wildman–Crippen MR) is 76.8 cm³/mol. The summed E-state index contributed by atoms with van der Waals surface area (Å²) >= 11 is 0. The Balaban J connectivity index is 1.67. The van der Waals surface area contributed by atoms with Crippen molar-refractivity contribution < 1.29 is 0 Å². The SMILES string of the molecule is CCN(C1CCNCC1)C1CCC12CCCCC2. The fraction of sp³-hybridized carbons (Fsp3) is 1.00. The normalized spacial score (nSPS) is 32.7.